The molecule has 1 saturated heterocycles. The largest absolute Gasteiger partial charge is 0.398 e. The van der Waals surface area contributed by atoms with Crippen molar-refractivity contribution in [2.75, 3.05) is 5.73 Å². The molecule has 18 heavy (non-hydrogen) atoms. The van der Waals surface area contributed by atoms with Gasteiger partial charge in [0.2, 0.25) is 10.0 Å². The minimum Gasteiger partial charge on any atom is -0.398 e. The molecule has 0 saturated carbocycles. The summed E-state index contributed by atoms with van der Waals surface area (Å²) in [7, 11) is -3.55. The van der Waals surface area contributed by atoms with E-state index in [0.717, 1.165) is 0 Å². The van der Waals surface area contributed by atoms with Gasteiger partial charge in [0.25, 0.3) is 0 Å². The Morgan fingerprint density at radius 3 is 2.72 bits per heavy atom. The van der Waals surface area contributed by atoms with E-state index in [9.17, 15) is 8.42 Å². The number of anilines is 1. The van der Waals surface area contributed by atoms with Gasteiger partial charge in [0.05, 0.1) is 11.1 Å². The molecular formula is C11H18N4O2S. The number of hydrogen-bond donors (Lipinski definition) is 4. The van der Waals surface area contributed by atoms with Crippen LogP contribution in [0.1, 0.15) is 18.9 Å². The van der Waals surface area contributed by atoms with Gasteiger partial charge in [-0.05, 0) is 38.0 Å². The monoisotopic (exact) mass is 270 g/mol. The van der Waals surface area contributed by atoms with Gasteiger partial charge < -0.3 is 5.73 Å². The van der Waals surface area contributed by atoms with Gasteiger partial charge in [0.1, 0.15) is 0 Å². The van der Waals surface area contributed by atoms with Crippen molar-refractivity contribution < 1.29 is 8.42 Å². The molecule has 0 radical (unpaired) electrons. The second-order valence-electron chi connectivity index (χ2n) is 4.57. The Balaban J connectivity index is 2.23. The summed E-state index contributed by atoms with van der Waals surface area (Å²) in [6.45, 7) is 3.68. The number of hydrogen-bond acceptors (Lipinski definition) is 5. The smallest absolute Gasteiger partial charge is 0.242 e. The average molecular weight is 270 g/mol. The van der Waals surface area contributed by atoms with Crippen molar-refractivity contribution in [3.8, 4) is 0 Å². The third kappa shape index (κ3) is 2.64. The van der Waals surface area contributed by atoms with Crippen LogP contribution >= 0.6 is 0 Å². The molecule has 1 aromatic rings. The Labute approximate surface area is 107 Å². The summed E-state index contributed by atoms with van der Waals surface area (Å²) in [5, 5.41) is 0. The van der Waals surface area contributed by atoms with Crippen LogP contribution in [0.3, 0.4) is 0 Å². The van der Waals surface area contributed by atoms with Gasteiger partial charge in [-0.1, -0.05) is 6.07 Å². The van der Waals surface area contributed by atoms with Crippen molar-refractivity contribution in [3.05, 3.63) is 23.8 Å². The Hall–Kier alpha value is -1.15. The predicted molar refractivity (Wildman–Crippen MR) is 70.1 cm³/mol. The van der Waals surface area contributed by atoms with Crippen molar-refractivity contribution >= 4 is 15.7 Å². The molecule has 5 N–H and O–H groups in total. The van der Waals surface area contributed by atoms with Gasteiger partial charge >= 0.3 is 0 Å². The summed E-state index contributed by atoms with van der Waals surface area (Å²) in [6.07, 6.45) is 0.395. The molecular weight excluding hydrogens is 252 g/mol. The number of nitrogens with one attached hydrogen (secondary N) is 3. The minimum absolute atomic E-state index is 0.226. The number of sulfonamides is 1. The first-order valence-electron chi connectivity index (χ1n) is 5.78. The molecule has 0 spiro atoms. The van der Waals surface area contributed by atoms with E-state index in [1.54, 1.807) is 25.1 Å². The van der Waals surface area contributed by atoms with Gasteiger partial charge in [-0.3, -0.25) is 5.43 Å². The number of nitrogens with two attached hydrogens (primary N) is 1. The normalized spacial score (nSPS) is 24.3. The van der Waals surface area contributed by atoms with Crippen molar-refractivity contribution in [1.82, 2.24) is 15.6 Å². The second kappa shape index (κ2) is 4.85. The van der Waals surface area contributed by atoms with Gasteiger partial charge in [-0.2, -0.15) is 4.72 Å². The number of nitrogen functional groups attached to an aromatic ring is 1. The SMILES string of the molecule is Cc1c(N)cccc1S(=O)(=O)NC1CC(C)NN1. The van der Waals surface area contributed by atoms with E-state index >= 15 is 0 Å². The summed E-state index contributed by atoms with van der Waals surface area (Å²) in [5.74, 6) is 0. The highest BCUT2D eigenvalue weighted by Gasteiger charge is 2.26. The number of rotatable bonds is 3. The third-order valence-corrected chi connectivity index (χ3v) is 4.62. The minimum atomic E-state index is -3.55. The topological polar surface area (TPSA) is 96.2 Å². The zero-order valence-electron chi connectivity index (χ0n) is 10.4. The summed E-state index contributed by atoms with van der Waals surface area (Å²) < 4.78 is 27.1. The quantitative estimate of drug-likeness (QED) is 0.583. The molecule has 6 nitrogen and oxygen atoms in total. The molecule has 1 aliphatic heterocycles. The van der Waals surface area contributed by atoms with Crippen LogP contribution in [0.2, 0.25) is 0 Å². The lowest BCUT2D eigenvalue weighted by Crippen LogP contribution is -2.44. The average Bonchev–Trinajstić information content (AvgIpc) is 2.67. The van der Waals surface area contributed by atoms with Crippen LogP contribution in [-0.2, 0) is 10.0 Å². The fraction of sp³-hybridized carbons (Fsp3) is 0.455. The van der Waals surface area contributed by atoms with Crippen LogP contribution in [-0.4, -0.2) is 20.6 Å². The molecule has 1 aromatic carbocycles. The first-order valence-corrected chi connectivity index (χ1v) is 7.27. The number of hydrazine groups is 1. The molecule has 0 bridgehead atoms. The summed E-state index contributed by atoms with van der Waals surface area (Å²) in [4.78, 5) is 0.226. The summed E-state index contributed by atoms with van der Waals surface area (Å²) >= 11 is 0. The Morgan fingerprint density at radius 1 is 1.39 bits per heavy atom. The standard InChI is InChI=1S/C11H18N4O2S/c1-7-6-11(14-13-7)15-18(16,17)10-5-3-4-9(12)8(10)2/h3-5,7,11,13-15H,6,12H2,1-2H3. The maximum atomic E-state index is 12.2. The highest BCUT2D eigenvalue weighted by Crippen LogP contribution is 2.20. The molecule has 0 aromatic heterocycles. The van der Waals surface area contributed by atoms with E-state index in [0.29, 0.717) is 17.7 Å². The lowest BCUT2D eigenvalue weighted by Gasteiger charge is -2.14. The van der Waals surface area contributed by atoms with E-state index in [1.807, 2.05) is 6.92 Å². The molecule has 0 aliphatic carbocycles. The Morgan fingerprint density at radius 2 is 2.11 bits per heavy atom. The third-order valence-electron chi connectivity index (χ3n) is 3.01. The zero-order valence-corrected chi connectivity index (χ0v) is 11.2. The fourth-order valence-corrected chi connectivity index (χ4v) is 3.40. The molecule has 2 unspecified atom stereocenters. The predicted octanol–water partition coefficient (Wildman–Crippen LogP) is 0.0680. The summed E-state index contributed by atoms with van der Waals surface area (Å²) in [6, 6.07) is 5.12. The first-order chi connectivity index (χ1) is 8.40. The number of benzene rings is 1. The maximum Gasteiger partial charge on any atom is 0.242 e. The van der Waals surface area contributed by atoms with Gasteiger partial charge in [-0.15, -0.1) is 0 Å². The molecule has 2 atom stereocenters. The van der Waals surface area contributed by atoms with Crippen LogP contribution < -0.4 is 21.3 Å². The maximum absolute atomic E-state index is 12.2. The fourth-order valence-electron chi connectivity index (χ4n) is 1.97. The Kier molecular flexibility index (Phi) is 3.58. The van der Waals surface area contributed by atoms with Crippen LogP contribution in [0.5, 0.6) is 0 Å². The van der Waals surface area contributed by atoms with Gasteiger partial charge in [-0.25, -0.2) is 13.8 Å². The van der Waals surface area contributed by atoms with E-state index in [2.05, 4.69) is 15.6 Å². The second-order valence-corrected chi connectivity index (χ2v) is 6.25. The highest BCUT2D eigenvalue weighted by molar-refractivity contribution is 7.89. The van der Waals surface area contributed by atoms with Crippen molar-refractivity contribution in [3.63, 3.8) is 0 Å². The van der Waals surface area contributed by atoms with Gasteiger partial charge in [0.15, 0.2) is 0 Å². The Bertz CT molecular complexity index is 544. The van der Waals surface area contributed by atoms with Crippen molar-refractivity contribution in [2.24, 2.45) is 0 Å². The molecule has 7 heteroatoms. The van der Waals surface area contributed by atoms with E-state index in [4.69, 9.17) is 5.73 Å². The molecule has 2 rings (SSSR count). The van der Waals surface area contributed by atoms with Crippen LogP contribution in [0.4, 0.5) is 5.69 Å². The van der Waals surface area contributed by atoms with E-state index in [1.165, 1.54) is 0 Å². The van der Waals surface area contributed by atoms with E-state index in [-0.39, 0.29) is 17.1 Å². The molecule has 100 valence electrons. The van der Waals surface area contributed by atoms with Crippen molar-refractivity contribution in [2.45, 2.75) is 37.4 Å². The lowest BCUT2D eigenvalue weighted by molar-refractivity contribution is 0.505. The molecule has 1 heterocycles. The van der Waals surface area contributed by atoms with Crippen LogP contribution in [0, 0.1) is 6.92 Å². The van der Waals surface area contributed by atoms with Crippen LogP contribution in [0.25, 0.3) is 0 Å². The highest BCUT2D eigenvalue weighted by atomic mass is 32.2. The molecule has 1 aliphatic rings. The van der Waals surface area contributed by atoms with Crippen LogP contribution in [0.15, 0.2) is 23.1 Å². The molecule has 0 amide bonds. The van der Waals surface area contributed by atoms with E-state index < -0.39 is 10.0 Å². The first kappa shape index (κ1) is 13.3. The lowest BCUT2D eigenvalue weighted by atomic mass is 10.2. The van der Waals surface area contributed by atoms with Crippen molar-refractivity contribution in [1.29, 1.82) is 0 Å². The summed E-state index contributed by atoms with van der Waals surface area (Å²) in [5.41, 5.74) is 12.6. The molecule has 1 fully saturated rings. The zero-order chi connectivity index (χ0) is 13.3. The van der Waals surface area contributed by atoms with Gasteiger partial charge in [0, 0.05) is 11.7 Å².